The van der Waals surface area contributed by atoms with Gasteiger partial charge < -0.3 is 9.47 Å². The lowest BCUT2D eigenvalue weighted by atomic mass is 10.0. The van der Waals surface area contributed by atoms with Crippen LogP contribution in [0.4, 0.5) is 0 Å². The van der Waals surface area contributed by atoms with Crippen LogP contribution in [0.1, 0.15) is 28.7 Å². The average molecular weight is 395 g/mol. The highest BCUT2D eigenvalue weighted by Crippen LogP contribution is 2.30. The second-order valence-electron chi connectivity index (χ2n) is 7.30. The fourth-order valence-corrected chi connectivity index (χ4v) is 3.35. The van der Waals surface area contributed by atoms with Gasteiger partial charge in [0.2, 0.25) is 0 Å². The van der Waals surface area contributed by atoms with Crippen molar-refractivity contribution in [3.05, 3.63) is 114 Å². The Morgan fingerprint density at radius 3 is 2.07 bits per heavy atom. The van der Waals surface area contributed by atoms with Crippen LogP contribution in [-0.2, 0) is 4.74 Å². The van der Waals surface area contributed by atoms with E-state index in [2.05, 4.69) is 61.2 Å². The Balaban J connectivity index is 1.68. The molecule has 0 N–H and O–H groups in total. The molecule has 0 aromatic heterocycles. The topological polar surface area (TPSA) is 21.8 Å². The van der Waals surface area contributed by atoms with Crippen molar-refractivity contribution in [3.63, 3.8) is 0 Å². The second kappa shape index (κ2) is 9.91. The zero-order chi connectivity index (χ0) is 20.6. The van der Waals surface area contributed by atoms with Crippen LogP contribution >= 0.6 is 0 Å². The molecule has 2 unspecified atom stereocenters. The van der Waals surface area contributed by atoms with Crippen molar-refractivity contribution in [2.75, 3.05) is 6.61 Å². The van der Waals surface area contributed by atoms with Gasteiger partial charge in [-0.25, -0.2) is 0 Å². The standard InChI is InChI=1S/C28H26O2/c1-2-10-27(28-21-29-28)30-26-16-9-15-24(19-17-22-11-5-3-6-12-22)25(26)20-18-23-13-7-4-8-14-23/h2-9,11-20,27-28H,1,10,21H2. The predicted octanol–water partition coefficient (Wildman–Crippen LogP) is 6.75. The maximum atomic E-state index is 6.41. The van der Waals surface area contributed by atoms with E-state index in [4.69, 9.17) is 9.47 Å². The lowest BCUT2D eigenvalue weighted by molar-refractivity contribution is 0.161. The molecule has 0 radical (unpaired) electrons. The van der Waals surface area contributed by atoms with Crippen LogP contribution in [-0.4, -0.2) is 18.8 Å². The van der Waals surface area contributed by atoms with Gasteiger partial charge >= 0.3 is 0 Å². The molecule has 1 fully saturated rings. The number of hydrogen-bond donors (Lipinski definition) is 0. The molecular formula is C28H26O2. The van der Waals surface area contributed by atoms with E-state index in [0.717, 1.165) is 41.0 Å². The molecule has 0 spiro atoms. The molecule has 2 atom stereocenters. The molecule has 2 heteroatoms. The molecule has 3 aromatic rings. The van der Waals surface area contributed by atoms with Gasteiger partial charge in [-0.2, -0.15) is 0 Å². The van der Waals surface area contributed by atoms with E-state index in [1.807, 2.05) is 54.6 Å². The molecule has 3 aromatic carbocycles. The van der Waals surface area contributed by atoms with E-state index in [0.29, 0.717) is 0 Å². The number of ether oxygens (including phenoxy) is 2. The predicted molar refractivity (Wildman–Crippen MR) is 126 cm³/mol. The highest BCUT2D eigenvalue weighted by atomic mass is 16.6. The minimum Gasteiger partial charge on any atom is -0.487 e. The summed E-state index contributed by atoms with van der Waals surface area (Å²) in [5, 5.41) is 0. The van der Waals surface area contributed by atoms with Gasteiger partial charge in [0.05, 0.1) is 6.61 Å². The Kier molecular flexibility index (Phi) is 6.58. The summed E-state index contributed by atoms with van der Waals surface area (Å²) in [6.07, 6.45) is 11.3. The smallest absolute Gasteiger partial charge is 0.130 e. The molecule has 1 aliphatic heterocycles. The van der Waals surface area contributed by atoms with Crippen LogP contribution < -0.4 is 4.74 Å². The van der Waals surface area contributed by atoms with Crippen molar-refractivity contribution < 1.29 is 9.47 Å². The summed E-state index contributed by atoms with van der Waals surface area (Å²) >= 11 is 0. The molecule has 150 valence electrons. The monoisotopic (exact) mass is 394 g/mol. The van der Waals surface area contributed by atoms with Gasteiger partial charge in [0, 0.05) is 12.0 Å². The number of hydrogen-bond acceptors (Lipinski definition) is 2. The van der Waals surface area contributed by atoms with Crippen molar-refractivity contribution >= 4 is 24.3 Å². The summed E-state index contributed by atoms with van der Waals surface area (Å²) in [6.45, 7) is 4.62. The van der Waals surface area contributed by atoms with Crippen molar-refractivity contribution in [3.8, 4) is 5.75 Å². The second-order valence-corrected chi connectivity index (χ2v) is 7.30. The highest BCUT2D eigenvalue weighted by molar-refractivity contribution is 5.82. The Morgan fingerprint density at radius 2 is 1.47 bits per heavy atom. The van der Waals surface area contributed by atoms with Crippen LogP contribution in [0.2, 0.25) is 0 Å². The largest absolute Gasteiger partial charge is 0.487 e. The third kappa shape index (κ3) is 5.37. The summed E-state index contributed by atoms with van der Waals surface area (Å²) in [7, 11) is 0. The summed E-state index contributed by atoms with van der Waals surface area (Å²) in [4.78, 5) is 0. The van der Waals surface area contributed by atoms with Gasteiger partial charge in [-0.05, 0) is 22.8 Å². The Hall–Kier alpha value is -3.36. The van der Waals surface area contributed by atoms with Crippen LogP contribution in [0.25, 0.3) is 24.3 Å². The number of epoxide rings is 1. The fourth-order valence-electron chi connectivity index (χ4n) is 3.35. The minimum absolute atomic E-state index is 0.0141. The number of rotatable bonds is 9. The summed E-state index contributed by atoms with van der Waals surface area (Å²) < 4.78 is 11.9. The molecular weight excluding hydrogens is 368 g/mol. The van der Waals surface area contributed by atoms with Crippen molar-refractivity contribution in [1.82, 2.24) is 0 Å². The quantitative estimate of drug-likeness (QED) is 0.227. The first-order chi connectivity index (χ1) is 14.8. The fraction of sp³-hybridized carbons (Fsp3) is 0.143. The first kappa shape index (κ1) is 19.9. The van der Waals surface area contributed by atoms with Gasteiger partial charge in [0.1, 0.15) is 18.0 Å². The normalized spacial score (nSPS) is 16.6. The van der Waals surface area contributed by atoms with E-state index >= 15 is 0 Å². The van der Waals surface area contributed by atoms with Crippen LogP contribution in [0.5, 0.6) is 5.75 Å². The lowest BCUT2D eigenvalue weighted by Gasteiger charge is -2.18. The Morgan fingerprint density at radius 1 is 0.833 bits per heavy atom. The van der Waals surface area contributed by atoms with Gasteiger partial charge in [0.25, 0.3) is 0 Å². The number of benzene rings is 3. The van der Waals surface area contributed by atoms with Crippen molar-refractivity contribution in [2.24, 2.45) is 0 Å². The van der Waals surface area contributed by atoms with Crippen LogP contribution in [0, 0.1) is 0 Å². The highest BCUT2D eigenvalue weighted by Gasteiger charge is 2.34. The lowest BCUT2D eigenvalue weighted by Crippen LogP contribution is -2.22. The van der Waals surface area contributed by atoms with Crippen LogP contribution in [0.3, 0.4) is 0 Å². The molecule has 0 amide bonds. The molecule has 1 heterocycles. The van der Waals surface area contributed by atoms with Gasteiger partial charge in [-0.1, -0.05) is 103 Å². The van der Waals surface area contributed by atoms with E-state index in [-0.39, 0.29) is 12.2 Å². The molecule has 0 bridgehead atoms. The average Bonchev–Trinajstić information content (AvgIpc) is 3.63. The van der Waals surface area contributed by atoms with Gasteiger partial charge in [-0.15, -0.1) is 6.58 Å². The summed E-state index contributed by atoms with van der Waals surface area (Å²) in [6, 6.07) is 26.8. The van der Waals surface area contributed by atoms with Gasteiger partial charge in [0.15, 0.2) is 0 Å². The zero-order valence-electron chi connectivity index (χ0n) is 17.0. The third-order valence-electron chi connectivity index (χ3n) is 5.05. The van der Waals surface area contributed by atoms with E-state index in [1.54, 1.807) is 0 Å². The molecule has 0 saturated carbocycles. The first-order valence-electron chi connectivity index (χ1n) is 10.3. The Bertz CT molecular complexity index is 1020. The maximum Gasteiger partial charge on any atom is 0.130 e. The molecule has 4 rings (SSSR count). The van der Waals surface area contributed by atoms with Crippen molar-refractivity contribution in [1.29, 1.82) is 0 Å². The van der Waals surface area contributed by atoms with E-state index in [9.17, 15) is 0 Å². The minimum atomic E-state index is -0.0141. The van der Waals surface area contributed by atoms with E-state index < -0.39 is 0 Å². The zero-order valence-corrected chi connectivity index (χ0v) is 17.0. The van der Waals surface area contributed by atoms with Crippen molar-refractivity contribution in [2.45, 2.75) is 18.6 Å². The van der Waals surface area contributed by atoms with E-state index in [1.165, 1.54) is 0 Å². The molecule has 0 aliphatic carbocycles. The SMILES string of the molecule is C=CCC(Oc1cccc(C=Cc2ccccc2)c1C=Cc1ccccc1)C1CO1. The van der Waals surface area contributed by atoms with Gasteiger partial charge in [-0.3, -0.25) is 0 Å². The first-order valence-corrected chi connectivity index (χ1v) is 10.3. The maximum absolute atomic E-state index is 6.41. The summed E-state index contributed by atoms with van der Waals surface area (Å²) in [5.74, 6) is 0.861. The Labute approximate surface area is 178 Å². The third-order valence-corrected chi connectivity index (χ3v) is 5.05. The molecule has 2 nitrogen and oxygen atoms in total. The van der Waals surface area contributed by atoms with Crippen LogP contribution in [0.15, 0.2) is 91.5 Å². The molecule has 1 saturated heterocycles. The summed E-state index contributed by atoms with van der Waals surface area (Å²) in [5.41, 5.74) is 4.48. The molecule has 1 aliphatic rings. The molecule has 30 heavy (non-hydrogen) atoms.